The topological polar surface area (TPSA) is 113 Å². The zero-order chi connectivity index (χ0) is 28.1. The van der Waals surface area contributed by atoms with Gasteiger partial charge in [-0.25, -0.2) is 16.8 Å². The molecule has 2 aromatic carbocycles. The van der Waals surface area contributed by atoms with Crippen molar-refractivity contribution < 1.29 is 31.4 Å². The molecule has 1 heterocycles. The molecule has 0 saturated heterocycles. The summed E-state index contributed by atoms with van der Waals surface area (Å²) in [7, 11) is -4.98. The van der Waals surface area contributed by atoms with E-state index in [4.69, 9.17) is 9.47 Å². The Hall–Kier alpha value is -2.62. The minimum Gasteiger partial charge on any atom is -0.497 e. The van der Waals surface area contributed by atoms with Gasteiger partial charge >= 0.3 is 0 Å². The third kappa shape index (κ3) is 6.50. The van der Waals surface area contributed by atoms with Crippen molar-refractivity contribution >= 4 is 20.0 Å². The average Bonchev–Trinajstić information content (AvgIpc) is 2.90. The maximum Gasteiger partial charge on any atom is 0.247 e. The molecule has 11 heteroatoms. The molecule has 208 valence electrons. The highest BCUT2D eigenvalue weighted by Gasteiger charge is 2.39. The Bertz CT molecular complexity index is 1400. The summed E-state index contributed by atoms with van der Waals surface area (Å²) in [5, 5.41) is 9.81. The minimum absolute atomic E-state index is 0.0344. The summed E-state index contributed by atoms with van der Waals surface area (Å²) in [6, 6.07) is 10.2. The molecular weight excluding hydrogens is 528 g/mol. The molecule has 0 amide bonds. The van der Waals surface area contributed by atoms with Gasteiger partial charge in [0.1, 0.15) is 22.5 Å². The fourth-order valence-corrected chi connectivity index (χ4v) is 7.15. The summed E-state index contributed by atoms with van der Waals surface area (Å²) in [4.78, 5) is 0.0267. The molecule has 2 aromatic rings. The Kier molecular flexibility index (Phi) is 9.84. The van der Waals surface area contributed by atoms with Crippen molar-refractivity contribution in [2.45, 2.75) is 55.5 Å². The Morgan fingerprint density at radius 2 is 2.00 bits per heavy atom. The Morgan fingerprint density at radius 1 is 1.26 bits per heavy atom. The van der Waals surface area contributed by atoms with Crippen LogP contribution in [0.15, 0.2) is 52.3 Å². The molecule has 38 heavy (non-hydrogen) atoms. The van der Waals surface area contributed by atoms with Gasteiger partial charge in [0.2, 0.25) is 20.0 Å². The zero-order valence-corrected chi connectivity index (χ0v) is 24.0. The summed E-state index contributed by atoms with van der Waals surface area (Å²) in [6.45, 7) is 5.10. The second-order valence-electron chi connectivity index (χ2n) is 9.42. The van der Waals surface area contributed by atoms with Crippen LogP contribution in [-0.4, -0.2) is 76.6 Å². The highest BCUT2D eigenvalue weighted by Crippen LogP contribution is 2.34. The molecule has 0 unspecified atom stereocenters. The van der Waals surface area contributed by atoms with Gasteiger partial charge in [0.05, 0.1) is 25.2 Å². The Labute approximate surface area is 226 Å². The van der Waals surface area contributed by atoms with Crippen molar-refractivity contribution in [3.63, 3.8) is 0 Å². The van der Waals surface area contributed by atoms with E-state index in [0.717, 1.165) is 6.42 Å². The minimum atomic E-state index is -4.01. The van der Waals surface area contributed by atoms with Gasteiger partial charge in [0.25, 0.3) is 0 Å². The highest BCUT2D eigenvalue weighted by atomic mass is 32.2. The number of hydrogen-bond donors (Lipinski definition) is 1. The summed E-state index contributed by atoms with van der Waals surface area (Å²) >= 11 is 0. The van der Waals surface area contributed by atoms with Gasteiger partial charge in [0.15, 0.2) is 0 Å². The number of rotatable bonds is 8. The van der Waals surface area contributed by atoms with E-state index in [1.807, 2.05) is 6.92 Å². The smallest absolute Gasteiger partial charge is 0.247 e. The predicted molar refractivity (Wildman–Crippen MR) is 145 cm³/mol. The SMILES string of the molecule is CCCC#Cc1ccc2c(c1)O[C@@H](CN(C)S(=O)(=O)c1cccc(OC)c1)[C@@H](C)CN([C@@H](C)CO)S2(=O)=O. The quantitative estimate of drug-likeness (QED) is 0.491. The maximum absolute atomic E-state index is 13.6. The van der Waals surface area contributed by atoms with E-state index < -0.39 is 38.1 Å². The number of aliphatic hydroxyl groups is 1. The number of hydrogen-bond acceptors (Lipinski definition) is 7. The molecule has 1 aliphatic rings. The molecule has 0 radical (unpaired) electrons. The van der Waals surface area contributed by atoms with Crippen LogP contribution >= 0.6 is 0 Å². The first kappa shape index (κ1) is 29.9. The van der Waals surface area contributed by atoms with Crippen LogP contribution in [0.2, 0.25) is 0 Å². The molecule has 3 rings (SSSR count). The average molecular weight is 565 g/mol. The molecule has 3 atom stereocenters. The third-order valence-corrected chi connectivity index (χ3v) is 10.3. The van der Waals surface area contributed by atoms with Gasteiger partial charge in [-0.1, -0.05) is 31.8 Å². The van der Waals surface area contributed by atoms with Crippen LogP contribution in [-0.2, 0) is 20.0 Å². The van der Waals surface area contributed by atoms with Crippen molar-refractivity contribution in [1.82, 2.24) is 8.61 Å². The number of likely N-dealkylation sites (N-methyl/N-ethyl adjacent to an activating group) is 1. The number of fused-ring (bicyclic) bond motifs is 1. The number of methoxy groups -OCH3 is 1. The van der Waals surface area contributed by atoms with Crippen LogP contribution in [0.3, 0.4) is 0 Å². The highest BCUT2D eigenvalue weighted by molar-refractivity contribution is 7.89. The van der Waals surface area contributed by atoms with Crippen LogP contribution in [0.4, 0.5) is 0 Å². The van der Waals surface area contributed by atoms with Crippen LogP contribution in [0.25, 0.3) is 0 Å². The van der Waals surface area contributed by atoms with Gasteiger partial charge in [-0.15, -0.1) is 0 Å². The summed E-state index contributed by atoms with van der Waals surface area (Å²) in [5.74, 6) is 6.19. The van der Waals surface area contributed by atoms with Crippen LogP contribution < -0.4 is 9.47 Å². The second kappa shape index (κ2) is 12.5. The molecule has 0 fully saturated rings. The summed E-state index contributed by atoms with van der Waals surface area (Å²) < 4.78 is 67.8. The molecule has 9 nitrogen and oxygen atoms in total. The van der Waals surface area contributed by atoms with E-state index in [0.29, 0.717) is 17.7 Å². The van der Waals surface area contributed by atoms with Crippen molar-refractivity contribution in [3.05, 3.63) is 48.0 Å². The second-order valence-corrected chi connectivity index (χ2v) is 13.3. The fraction of sp³-hybridized carbons (Fsp3) is 0.481. The van der Waals surface area contributed by atoms with E-state index in [1.165, 1.54) is 41.0 Å². The lowest BCUT2D eigenvalue weighted by Crippen LogP contribution is -2.50. The van der Waals surface area contributed by atoms with E-state index in [-0.39, 0.29) is 35.2 Å². The molecule has 0 spiro atoms. The first-order valence-electron chi connectivity index (χ1n) is 12.5. The van der Waals surface area contributed by atoms with Gasteiger partial charge < -0.3 is 14.6 Å². The van der Waals surface area contributed by atoms with Gasteiger partial charge in [0, 0.05) is 43.6 Å². The van der Waals surface area contributed by atoms with E-state index in [2.05, 4.69) is 11.8 Å². The normalized spacial score (nSPS) is 20.3. The Morgan fingerprint density at radius 3 is 2.66 bits per heavy atom. The van der Waals surface area contributed by atoms with E-state index >= 15 is 0 Å². The van der Waals surface area contributed by atoms with Crippen LogP contribution in [0, 0.1) is 17.8 Å². The number of unbranched alkanes of at least 4 members (excludes halogenated alkanes) is 1. The monoisotopic (exact) mass is 564 g/mol. The lowest BCUT2D eigenvalue weighted by Gasteiger charge is -2.37. The van der Waals surface area contributed by atoms with Gasteiger partial charge in [-0.2, -0.15) is 8.61 Å². The Balaban J connectivity index is 2.04. The molecule has 0 saturated carbocycles. The first-order chi connectivity index (χ1) is 17.9. The molecule has 1 aliphatic heterocycles. The number of aliphatic hydroxyl groups excluding tert-OH is 1. The zero-order valence-electron chi connectivity index (χ0n) is 22.4. The van der Waals surface area contributed by atoms with E-state index in [9.17, 15) is 21.9 Å². The van der Waals surface area contributed by atoms with E-state index in [1.54, 1.807) is 38.1 Å². The summed E-state index contributed by atoms with van der Waals surface area (Å²) in [5.41, 5.74) is 0.596. The molecule has 1 N–H and O–H groups in total. The van der Waals surface area contributed by atoms with Crippen molar-refractivity contribution in [2.24, 2.45) is 5.92 Å². The summed E-state index contributed by atoms with van der Waals surface area (Å²) in [6.07, 6.45) is 0.900. The maximum atomic E-state index is 13.6. The van der Waals surface area contributed by atoms with Crippen molar-refractivity contribution in [2.75, 3.05) is 33.9 Å². The van der Waals surface area contributed by atoms with Gasteiger partial charge in [-0.3, -0.25) is 0 Å². The lowest BCUT2D eigenvalue weighted by molar-refractivity contribution is 0.0904. The number of ether oxygens (including phenoxy) is 2. The van der Waals surface area contributed by atoms with Crippen molar-refractivity contribution in [3.8, 4) is 23.3 Å². The lowest BCUT2D eigenvalue weighted by atomic mass is 10.0. The molecular formula is C27H36N2O7S2. The van der Waals surface area contributed by atoms with Crippen molar-refractivity contribution in [1.29, 1.82) is 0 Å². The fourth-order valence-electron chi connectivity index (χ4n) is 4.10. The third-order valence-electron chi connectivity index (χ3n) is 6.46. The molecule has 0 aliphatic carbocycles. The predicted octanol–water partition coefficient (Wildman–Crippen LogP) is 2.94. The molecule has 0 aromatic heterocycles. The largest absolute Gasteiger partial charge is 0.497 e. The number of benzene rings is 2. The standard InChI is InChI=1S/C27H36N2O7S2/c1-6-7-8-10-22-13-14-27-25(15-22)36-26(20(2)17-29(21(3)19-30)38(27,33)34)18-28(4)37(31,32)24-12-9-11-23(16-24)35-5/h9,11-16,20-21,26,30H,6-7,17-19H2,1-5H3/t20-,21-,26-/m0/s1. The number of nitrogens with zero attached hydrogens (tertiary/aromatic N) is 2. The molecule has 0 bridgehead atoms. The van der Waals surface area contributed by atoms with Crippen LogP contribution in [0.5, 0.6) is 11.5 Å². The van der Waals surface area contributed by atoms with Gasteiger partial charge in [-0.05, 0) is 43.7 Å². The first-order valence-corrected chi connectivity index (χ1v) is 15.4. The van der Waals surface area contributed by atoms with Crippen LogP contribution in [0.1, 0.15) is 39.2 Å². The number of sulfonamides is 2.